The van der Waals surface area contributed by atoms with Crippen LogP contribution in [0.3, 0.4) is 0 Å². The summed E-state index contributed by atoms with van der Waals surface area (Å²) in [4.78, 5) is 12.8. The van der Waals surface area contributed by atoms with Crippen molar-refractivity contribution in [3.63, 3.8) is 0 Å². The summed E-state index contributed by atoms with van der Waals surface area (Å²) in [6.07, 6.45) is 4.81. The molecule has 156 valence electrons. The molecule has 0 atom stereocenters. The van der Waals surface area contributed by atoms with E-state index in [0.29, 0.717) is 40.9 Å². The van der Waals surface area contributed by atoms with Crippen LogP contribution in [0.4, 0.5) is 16.0 Å². The van der Waals surface area contributed by atoms with E-state index < -0.39 is 9.84 Å². The standard InChI is InChI=1S/C21H21FN4O3S/c1-30(27,28)12-15-3-2-4-17(9-15)25-21-24-13-23-20(26-21)18-8-7-16(22)10-19(18)29-11-14-5-6-14/h2-4,7-10,13-14H,5-6,11-12H2,1H3,(H,23,24,25,26). The fourth-order valence-corrected chi connectivity index (χ4v) is 3.73. The van der Waals surface area contributed by atoms with Crippen molar-refractivity contribution < 1.29 is 17.5 Å². The van der Waals surface area contributed by atoms with Gasteiger partial charge in [0.2, 0.25) is 5.95 Å². The highest BCUT2D eigenvalue weighted by Crippen LogP contribution is 2.33. The third-order valence-corrected chi connectivity index (χ3v) is 5.40. The zero-order valence-corrected chi connectivity index (χ0v) is 17.2. The van der Waals surface area contributed by atoms with E-state index >= 15 is 0 Å². The molecule has 1 aliphatic carbocycles. The molecule has 0 bridgehead atoms. The van der Waals surface area contributed by atoms with Crippen LogP contribution in [0.15, 0.2) is 48.8 Å². The molecule has 0 aliphatic heterocycles. The Morgan fingerprint density at radius 3 is 2.77 bits per heavy atom. The van der Waals surface area contributed by atoms with E-state index in [-0.39, 0.29) is 17.5 Å². The molecule has 1 N–H and O–H groups in total. The van der Waals surface area contributed by atoms with Crippen molar-refractivity contribution in [3.05, 3.63) is 60.2 Å². The molecular weight excluding hydrogens is 407 g/mol. The molecule has 1 heterocycles. The summed E-state index contributed by atoms with van der Waals surface area (Å²) in [5.74, 6) is 1.12. The maximum absolute atomic E-state index is 13.7. The van der Waals surface area contributed by atoms with Crippen LogP contribution in [-0.2, 0) is 15.6 Å². The molecule has 1 fully saturated rings. The second kappa shape index (κ2) is 8.35. The molecule has 0 saturated heterocycles. The predicted octanol–water partition coefficient (Wildman–Crippen LogP) is 3.75. The zero-order chi connectivity index (χ0) is 21.1. The normalized spacial score (nSPS) is 13.8. The number of anilines is 2. The van der Waals surface area contributed by atoms with Crippen molar-refractivity contribution in [3.8, 4) is 17.1 Å². The van der Waals surface area contributed by atoms with E-state index in [2.05, 4.69) is 20.3 Å². The molecule has 1 aliphatic rings. The van der Waals surface area contributed by atoms with E-state index in [1.165, 1.54) is 24.7 Å². The van der Waals surface area contributed by atoms with Gasteiger partial charge in [-0.1, -0.05) is 12.1 Å². The van der Waals surface area contributed by atoms with Gasteiger partial charge in [-0.15, -0.1) is 0 Å². The Bertz CT molecular complexity index is 1170. The molecule has 1 saturated carbocycles. The van der Waals surface area contributed by atoms with Crippen LogP contribution in [0.25, 0.3) is 11.4 Å². The lowest BCUT2D eigenvalue weighted by Crippen LogP contribution is -2.04. The first kappa shape index (κ1) is 20.2. The number of nitrogens with one attached hydrogen (secondary N) is 1. The Hall–Kier alpha value is -3.07. The Morgan fingerprint density at radius 1 is 1.17 bits per heavy atom. The molecule has 7 nitrogen and oxygen atoms in total. The molecule has 30 heavy (non-hydrogen) atoms. The Morgan fingerprint density at radius 2 is 2.00 bits per heavy atom. The largest absolute Gasteiger partial charge is 0.492 e. The topological polar surface area (TPSA) is 94.1 Å². The highest BCUT2D eigenvalue weighted by Gasteiger charge is 2.23. The van der Waals surface area contributed by atoms with E-state index in [0.717, 1.165) is 12.8 Å². The van der Waals surface area contributed by atoms with Crippen molar-refractivity contribution in [1.82, 2.24) is 15.0 Å². The number of halogens is 1. The van der Waals surface area contributed by atoms with E-state index in [9.17, 15) is 12.8 Å². The smallest absolute Gasteiger partial charge is 0.230 e. The first-order valence-corrected chi connectivity index (χ1v) is 11.6. The number of ether oxygens (including phenoxy) is 1. The number of rotatable bonds is 8. The van der Waals surface area contributed by atoms with Crippen LogP contribution in [0.1, 0.15) is 18.4 Å². The summed E-state index contributed by atoms with van der Waals surface area (Å²) >= 11 is 0. The van der Waals surface area contributed by atoms with Crippen LogP contribution in [-0.4, -0.2) is 36.2 Å². The van der Waals surface area contributed by atoms with E-state index in [1.54, 1.807) is 30.3 Å². The third-order valence-electron chi connectivity index (χ3n) is 4.54. The monoisotopic (exact) mass is 428 g/mol. The van der Waals surface area contributed by atoms with E-state index in [1.807, 2.05) is 0 Å². The highest BCUT2D eigenvalue weighted by molar-refractivity contribution is 7.89. The van der Waals surface area contributed by atoms with Crippen LogP contribution < -0.4 is 10.1 Å². The van der Waals surface area contributed by atoms with Gasteiger partial charge in [-0.05, 0) is 48.6 Å². The Balaban J connectivity index is 1.57. The van der Waals surface area contributed by atoms with Crippen LogP contribution in [0.5, 0.6) is 5.75 Å². The molecule has 0 unspecified atom stereocenters. The van der Waals surface area contributed by atoms with Crippen molar-refractivity contribution in [2.24, 2.45) is 5.92 Å². The second-order valence-corrected chi connectivity index (χ2v) is 9.56. The molecular formula is C21H21FN4O3S. The number of benzene rings is 2. The molecule has 2 aromatic carbocycles. The number of aromatic nitrogens is 3. The minimum atomic E-state index is -3.14. The van der Waals surface area contributed by atoms with Gasteiger partial charge in [-0.3, -0.25) is 0 Å². The first-order chi connectivity index (χ1) is 14.4. The predicted molar refractivity (Wildman–Crippen MR) is 112 cm³/mol. The fraction of sp³-hybridized carbons (Fsp3) is 0.286. The minimum absolute atomic E-state index is 0.0533. The van der Waals surface area contributed by atoms with Gasteiger partial charge in [0.25, 0.3) is 0 Å². The van der Waals surface area contributed by atoms with Crippen molar-refractivity contribution >= 4 is 21.5 Å². The lowest BCUT2D eigenvalue weighted by molar-refractivity contribution is 0.299. The van der Waals surface area contributed by atoms with Gasteiger partial charge in [-0.2, -0.15) is 4.98 Å². The first-order valence-electron chi connectivity index (χ1n) is 9.51. The molecule has 4 rings (SSSR count). The maximum atomic E-state index is 13.7. The quantitative estimate of drug-likeness (QED) is 0.584. The number of nitrogens with zero attached hydrogens (tertiary/aromatic N) is 3. The van der Waals surface area contributed by atoms with E-state index in [4.69, 9.17) is 4.74 Å². The average Bonchev–Trinajstić information content (AvgIpc) is 3.50. The van der Waals surface area contributed by atoms with Gasteiger partial charge in [0.05, 0.1) is 17.9 Å². The number of hydrogen-bond donors (Lipinski definition) is 1. The summed E-state index contributed by atoms with van der Waals surface area (Å²) in [7, 11) is -3.14. The van der Waals surface area contributed by atoms with Gasteiger partial charge in [0.1, 0.15) is 17.9 Å². The number of hydrogen-bond acceptors (Lipinski definition) is 7. The molecule has 1 aromatic heterocycles. The summed E-state index contributed by atoms with van der Waals surface area (Å²) in [5, 5.41) is 3.06. The van der Waals surface area contributed by atoms with Crippen LogP contribution >= 0.6 is 0 Å². The minimum Gasteiger partial charge on any atom is -0.492 e. The van der Waals surface area contributed by atoms with Crippen molar-refractivity contribution in [2.45, 2.75) is 18.6 Å². The Kier molecular flexibility index (Phi) is 5.63. The van der Waals surface area contributed by atoms with Crippen LogP contribution in [0, 0.1) is 11.7 Å². The fourth-order valence-electron chi connectivity index (χ4n) is 2.95. The van der Waals surface area contributed by atoms with Gasteiger partial charge >= 0.3 is 0 Å². The van der Waals surface area contributed by atoms with Crippen molar-refractivity contribution in [1.29, 1.82) is 0 Å². The van der Waals surface area contributed by atoms with Crippen LogP contribution in [0.2, 0.25) is 0 Å². The molecule has 9 heteroatoms. The van der Waals surface area contributed by atoms with Crippen molar-refractivity contribution in [2.75, 3.05) is 18.2 Å². The third kappa shape index (κ3) is 5.50. The summed E-state index contributed by atoms with van der Waals surface area (Å²) in [5.41, 5.74) is 1.89. The summed E-state index contributed by atoms with van der Waals surface area (Å²) in [6, 6.07) is 11.3. The van der Waals surface area contributed by atoms with Gasteiger partial charge in [0.15, 0.2) is 15.7 Å². The maximum Gasteiger partial charge on any atom is 0.230 e. The van der Waals surface area contributed by atoms with Gasteiger partial charge in [0, 0.05) is 18.0 Å². The lowest BCUT2D eigenvalue weighted by Gasteiger charge is -2.11. The van der Waals surface area contributed by atoms with Gasteiger partial charge in [-0.25, -0.2) is 22.8 Å². The highest BCUT2D eigenvalue weighted by atomic mass is 32.2. The number of sulfone groups is 1. The second-order valence-electron chi connectivity index (χ2n) is 7.42. The van der Waals surface area contributed by atoms with Gasteiger partial charge < -0.3 is 10.1 Å². The molecule has 0 amide bonds. The molecule has 0 spiro atoms. The molecule has 3 aromatic rings. The average molecular weight is 428 g/mol. The molecule has 0 radical (unpaired) electrons. The zero-order valence-electron chi connectivity index (χ0n) is 16.4. The summed E-state index contributed by atoms with van der Waals surface area (Å²) < 4.78 is 42.6. The summed E-state index contributed by atoms with van der Waals surface area (Å²) in [6.45, 7) is 0.541. The Labute approximate surface area is 174 Å². The lowest BCUT2D eigenvalue weighted by atomic mass is 10.2. The SMILES string of the molecule is CS(=O)(=O)Cc1cccc(Nc2ncnc(-c3ccc(F)cc3OCC3CC3)n2)c1.